The summed E-state index contributed by atoms with van der Waals surface area (Å²) >= 11 is 0. The Hall–Kier alpha value is -4.69. The molecule has 1 atom stereocenters. The molecule has 196 valence electrons. The van der Waals surface area contributed by atoms with Gasteiger partial charge >= 0.3 is 30.0 Å². The van der Waals surface area contributed by atoms with Crippen LogP contribution in [0.2, 0.25) is 0 Å². The molecule has 5 N–H and O–H groups in total. The molecule has 0 aromatic heterocycles. The van der Waals surface area contributed by atoms with E-state index < -0.39 is 86.8 Å². The molecule has 0 saturated heterocycles. The van der Waals surface area contributed by atoms with Crippen LogP contribution in [0.1, 0.15) is 18.4 Å². The van der Waals surface area contributed by atoms with Gasteiger partial charge < -0.3 is 40.3 Å². The molecule has 0 saturated carbocycles. The Morgan fingerprint density at radius 2 is 1.22 bits per heavy atom. The van der Waals surface area contributed by atoms with Gasteiger partial charge in [-0.05, 0) is 12.0 Å². The summed E-state index contributed by atoms with van der Waals surface area (Å²) in [5.41, 5.74) is 0.599. The predicted molar refractivity (Wildman–Crippen MR) is 116 cm³/mol. The largest absolute Gasteiger partial charge is 0.480 e. The molecule has 36 heavy (non-hydrogen) atoms. The Labute approximate surface area is 203 Å². The molecular formula is C21H25N3O12. The Morgan fingerprint density at radius 1 is 0.750 bits per heavy atom. The summed E-state index contributed by atoms with van der Waals surface area (Å²) in [7, 11) is 0. The van der Waals surface area contributed by atoms with Crippen LogP contribution in [-0.4, -0.2) is 104 Å². The third-order valence-corrected chi connectivity index (χ3v) is 4.42. The van der Waals surface area contributed by atoms with Crippen molar-refractivity contribution in [2.45, 2.75) is 25.5 Å². The first-order chi connectivity index (χ1) is 16.9. The highest BCUT2D eigenvalue weighted by Crippen LogP contribution is 2.08. The van der Waals surface area contributed by atoms with E-state index in [0.717, 1.165) is 0 Å². The highest BCUT2D eigenvalue weighted by atomic mass is 16.5. The van der Waals surface area contributed by atoms with Crippen LogP contribution in [0.3, 0.4) is 0 Å². The molecule has 0 spiro atoms. The van der Waals surface area contributed by atoms with Crippen LogP contribution >= 0.6 is 0 Å². The van der Waals surface area contributed by atoms with Gasteiger partial charge in [0, 0.05) is 6.42 Å². The zero-order valence-electron chi connectivity index (χ0n) is 18.9. The highest BCUT2D eigenvalue weighted by Gasteiger charge is 2.31. The number of hydrogen-bond donors (Lipinski definition) is 5. The monoisotopic (exact) mass is 511 g/mol. The maximum Gasteiger partial charge on any atom is 0.408 e. The number of aliphatic carboxylic acids is 4. The van der Waals surface area contributed by atoms with Crippen molar-refractivity contribution in [1.82, 2.24) is 15.1 Å². The number of hydrogen-bond acceptors (Lipinski definition) is 8. The number of rotatable bonds is 15. The summed E-state index contributed by atoms with van der Waals surface area (Å²) in [5.74, 6) is -8.21. The lowest BCUT2D eigenvalue weighted by molar-refractivity contribution is -0.150. The molecule has 1 unspecified atom stereocenters. The molecular weight excluding hydrogens is 486 g/mol. The molecule has 1 aromatic carbocycles. The quantitative estimate of drug-likeness (QED) is 0.192. The number of alkyl carbamates (subject to hydrolysis) is 1. The fraction of sp³-hybridized carbons (Fsp3) is 0.381. The van der Waals surface area contributed by atoms with Crippen LogP contribution in [0.4, 0.5) is 4.79 Å². The van der Waals surface area contributed by atoms with E-state index in [2.05, 4.69) is 5.32 Å². The zero-order chi connectivity index (χ0) is 27.3. The molecule has 0 aliphatic rings. The van der Waals surface area contributed by atoms with E-state index in [-0.39, 0.29) is 6.61 Å². The number of benzene rings is 1. The molecule has 3 amide bonds. The predicted octanol–water partition coefficient (Wildman–Crippen LogP) is -0.943. The van der Waals surface area contributed by atoms with E-state index >= 15 is 0 Å². The maximum absolute atomic E-state index is 12.9. The van der Waals surface area contributed by atoms with Crippen LogP contribution in [0, 0.1) is 0 Å². The average molecular weight is 511 g/mol. The standard InChI is InChI=1S/C21H25N3O12/c25-15(23(8-16(26)27)9-17(28)29)7-6-14(20(34)24(10-18(30)31)11-19(32)33)22-21(35)36-12-13-4-2-1-3-5-13/h1-5,14H,6-12H2,(H,22,35)(H,26,27)(H,28,29)(H,30,31)(H,32,33). The third kappa shape index (κ3) is 11.4. The van der Waals surface area contributed by atoms with Crippen LogP contribution in [-0.2, 0) is 40.1 Å². The fourth-order valence-corrected chi connectivity index (χ4v) is 2.91. The van der Waals surface area contributed by atoms with Gasteiger partial charge in [0.05, 0.1) is 0 Å². The molecule has 1 rings (SSSR count). The van der Waals surface area contributed by atoms with Crippen LogP contribution in [0.25, 0.3) is 0 Å². The van der Waals surface area contributed by atoms with Crippen molar-refractivity contribution < 1.29 is 58.7 Å². The van der Waals surface area contributed by atoms with Crippen molar-refractivity contribution in [3.8, 4) is 0 Å². The van der Waals surface area contributed by atoms with Gasteiger partial charge in [-0.25, -0.2) is 4.79 Å². The molecule has 15 nitrogen and oxygen atoms in total. The van der Waals surface area contributed by atoms with Crippen LogP contribution < -0.4 is 5.32 Å². The zero-order valence-corrected chi connectivity index (χ0v) is 18.9. The molecule has 1 aromatic rings. The number of ether oxygens (including phenoxy) is 1. The topological polar surface area (TPSA) is 228 Å². The minimum atomic E-state index is -1.65. The summed E-state index contributed by atoms with van der Waals surface area (Å²) in [5, 5.41) is 37.9. The molecule has 0 aliphatic carbocycles. The van der Waals surface area contributed by atoms with E-state index in [0.29, 0.717) is 15.4 Å². The van der Waals surface area contributed by atoms with Crippen LogP contribution in [0.15, 0.2) is 30.3 Å². The number of nitrogens with one attached hydrogen (secondary N) is 1. The van der Waals surface area contributed by atoms with Crippen molar-refractivity contribution in [2.24, 2.45) is 0 Å². The molecule has 0 fully saturated rings. The van der Waals surface area contributed by atoms with Gasteiger partial charge in [-0.3, -0.25) is 28.8 Å². The second-order valence-corrected chi connectivity index (χ2v) is 7.32. The molecule has 0 aliphatic heterocycles. The van der Waals surface area contributed by atoms with Crippen LogP contribution in [0.5, 0.6) is 0 Å². The summed E-state index contributed by atoms with van der Waals surface area (Å²) < 4.78 is 5.01. The lowest BCUT2D eigenvalue weighted by Gasteiger charge is -2.26. The summed E-state index contributed by atoms with van der Waals surface area (Å²) in [6.07, 6.45) is -2.31. The van der Waals surface area contributed by atoms with E-state index in [1.807, 2.05) is 0 Å². The number of amides is 3. The summed E-state index contributed by atoms with van der Waals surface area (Å²) in [6, 6.07) is 6.75. The first-order valence-electron chi connectivity index (χ1n) is 10.3. The van der Waals surface area contributed by atoms with E-state index in [4.69, 9.17) is 25.2 Å². The second-order valence-electron chi connectivity index (χ2n) is 7.32. The van der Waals surface area contributed by atoms with Gasteiger partial charge in [-0.1, -0.05) is 30.3 Å². The van der Waals surface area contributed by atoms with E-state index in [1.54, 1.807) is 30.3 Å². The van der Waals surface area contributed by atoms with Gasteiger partial charge in [0.1, 0.15) is 38.8 Å². The molecule has 0 heterocycles. The van der Waals surface area contributed by atoms with Crippen molar-refractivity contribution in [3.63, 3.8) is 0 Å². The maximum atomic E-state index is 12.9. The van der Waals surface area contributed by atoms with Crippen molar-refractivity contribution in [2.75, 3.05) is 26.2 Å². The Bertz CT molecular complexity index is 950. The summed E-state index contributed by atoms with van der Waals surface area (Å²) in [4.78, 5) is 82.5. The van der Waals surface area contributed by atoms with Gasteiger partial charge in [-0.2, -0.15) is 0 Å². The minimum Gasteiger partial charge on any atom is -0.480 e. The third-order valence-electron chi connectivity index (χ3n) is 4.42. The summed E-state index contributed by atoms with van der Waals surface area (Å²) in [6.45, 7) is -4.15. The van der Waals surface area contributed by atoms with Crippen molar-refractivity contribution in [3.05, 3.63) is 35.9 Å². The number of carboxylic acids is 4. The van der Waals surface area contributed by atoms with Crippen molar-refractivity contribution in [1.29, 1.82) is 0 Å². The molecule has 0 bridgehead atoms. The van der Waals surface area contributed by atoms with Gasteiger partial charge in [0.25, 0.3) is 0 Å². The Kier molecular flexibility index (Phi) is 11.9. The smallest absolute Gasteiger partial charge is 0.408 e. The Morgan fingerprint density at radius 3 is 1.69 bits per heavy atom. The molecule has 0 radical (unpaired) electrons. The van der Waals surface area contributed by atoms with E-state index in [9.17, 15) is 33.6 Å². The second kappa shape index (κ2) is 14.5. The lowest BCUT2D eigenvalue weighted by atomic mass is 10.1. The number of carbonyl (C=O) groups is 7. The highest BCUT2D eigenvalue weighted by molar-refractivity contribution is 5.91. The van der Waals surface area contributed by atoms with Gasteiger partial charge in [0.15, 0.2) is 0 Å². The molecule has 15 heteroatoms. The van der Waals surface area contributed by atoms with Gasteiger partial charge in [0.2, 0.25) is 11.8 Å². The first-order valence-corrected chi connectivity index (χ1v) is 10.3. The first kappa shape index (κ1) is 29.3. The SMILES string of the molecule is O=C(O)CN(CC(=O)O)C(=O)CCC(NC(=O)OCc1ccccc1)C(=O)N(CC(=O)O)CC(=O)O. The minimum absolute atomic E-state index is 0.203. The van der Waals surface area contributed by atoms with Gasteiger partial charge in [-0.15, -0.1) is 0 Å². The average Bonchev–Trinajstić information content (AvgIpc) is 2.78. The number of nitrogens with zero attached hydrogens (tertiary/aromatic N) is 2. The van der Waals surface area contributed by atoms with E-state index in [1.165, 1.54) is 0 Å². The number of carbonyl (C=O) groups excluding carboxylic acids is 3. The normalized spacial score (nSPS) is 11.0. The fourth-order valence-electron chi connectivity index (χ4n) is 2.91. The van der Waals surface area contributed by atoms with Crippen molar-refractivity contribution >= 4 is 41.8 Å². The lowest BCUT2D eigenvalue weighted by Crippen LogP contribution is -2.51. The number of carboxylic acid groups (broad SMARTS) is 4. The Balaban J connectivity index is 3.02.